The lowest BCUT2D eigenvalue weighted by Gasteiger charge is -2.13. The van der Waals surface area contributed by atoms with Crippen LogP contribution >= 0.6 is 11.6 Å². The fourth-order valence-corrected chi connectivity index (χ4v) is 2.42. The van der Waals surface area contributed by atoms with Crippen molar-refractivity contribution < 1.29 is 4.74 Å². The lowest BCUT2D eigenvalue weighted by molar-refractivity contribution is 0.311. The van der Waals surface area contributed by atoms with Gasteiger partial charge < -0.3 is 10.1 Å². The van der Waals surface area contributed by atoms with Gasteiger partial charge in [-0.25, -0.2) is 0 Å². The van der Waals surface area contributed by atoms with E-state index in [1.54, 1.807) is 0 Å². The second-order valence-corrected chi connectivity index (χ2v) is 5.55. The Hall–Kier alpha value is -1.51. The van der Waals surface area contributed by atoms with Gasteiger partial charge in [0.2, 0.25) is 0 Å². The standard InChI is InChI=1S/C18H22ClNO/c1-14(20-2)16-10-11-18(17(19)13-16)21-12-6-9-15-7-4-3-5-8-15/h3-5,7-8,10-11,13-14,20H,6,9,12H2,1-2H3. The molecule has 3 heteroatoms. The van der Waals surface area contributed by atoms with Gasteiger partial charge in [-0.2, -0.15) is 0 Å². The molecule has 0 saturated heterocycles. The SMILES string of the molecule is CNC(C)c1ccc(OCCCc2ccccc2)c(Cl)c1. The molecule has 2 aromatic rings. The van der Waals surface area contributed by atoms with E-state index >= 15 is 0 Å². The predicted molar refractivity (Wildman–Crippen MR) is 89.2 cm³/mol. The van der Waals surface area contributed by atoms with Crippen LogP contribution in [0, 0.1) is 0 Å². The van der Waals surface area contributed by atoms with Crippen molar-refractivity contribution in [3.63, 3.8) is 0 Å². The Morgan fingerprint density at radius 2 is 1.90 bits per heavy atom. The maximum Gasteiger partial charge on any atom is 0.137 e. The van der Waals surface area contributed by atoms with Gasteiger partial charge in [0.05, 0.1) is 11.6 Å². The highest BCUT2D eigenvalue weighted by atomic mass is 35.5. The fraction of sp³-hybridized carbons (Fsp3) is 0.333. The molecule has 2 aromatic carbocycles. The number of halogens is 1. The van der Waals surface area contributed by atoms with Gasteiger partial charge >= 0.3 is 0 Å². The summed E-state index contributed by atoms with van der Waals surface area (Å²) in [7, 11) is 1.94. The minimum Gasteiger partial charge on any atom is -0.492 e. The van der Waals surface area contributed by atoms with Crippen LogP contribution in [0.1, 0.15) is 30.5 Å². The van der Waals surface area contributed by atoms with E-state index in [-0.39, 0.29) is 6.04 Å². The molecule has 0 aliphatic rings. The maximum atomic E-state index is 6.27. The van der Waals surface area contributed by atoms with Crippen LogP contribution in [-0.2, 0) is 6.42 Å². The van der Waals surface area contributed by atoms with Crippen molar-refractivity contribution in [2.24, 2.45) is 0 Å². The van der Waals surface area contributed by atoms with E-state index in [0.29, 0.717) is 11.6 Å². The van der Waals surface area contributed by atoms with Crippen molar-refractivity contribution >= 4 is 11.6 Å². The summed E-state index contributed by atoms with van der Waals surface area (Å²) >= 11 is 6.27. The zero-order chi connectivity index (χ0) is 15.1. The first-order valence-electron chi connectivity index (χ1n) is 7.34. The molecule has 0 heterocycles. The molecule has 112 valence electrons. The quantitative estimate of drug-likeness (QED) is 0.753. The van der Waals surface area contributed by atoms with Gasteiger partial charge in [0, 0.05) is 6.04 Å². The van der Waals surface area contributed by atoms with E-state index in [1.807, 2.05) is 25.2 Å². The van der Waals surface area contributed by atoms with Crippen molar-refractivity contribution in [1.82, 2.24) is 5.32 Å². The molecule has 2 rings (SSSR count). The molecule has 0 fully saturated rings. The Labute approximate surface area is 132 Å². The molecule has 21 heavy (non-hydrogen) atoms. The third-order valence-corrected chi connectivity index (χ3v) is 3.89. The molecule has 0 aromatic heterocycles. The van der Waals surface area contributed by atoms with Crippen LogP contribution in [0.4, 0.5) is 0 Å². The minimum atomic E-state index is 0.287. The first kappa shape index (κ1) is 15.9. The molecule has 2 nitrogen and oxygen atoms in total. The van der Waals surface area contributed by atoms with Crippen LogP contribution in [0.15, 0.2) is 48.5 Å². The number of benzene rings is 2. The fourth-order valence-electron chi connectivity index (χ4n) is 2.17. The van der Waals surface area contributed by atoms with Gasteiger partial charge in [-0.3, -0.25) is 0 Å². The van der Waals surface area contributed by atoms with Gasteiger partial charge in [0.15, 0.2) is 0 Å². The Kier molecular flexibility index (Phi) is 6.09. The molecule has 0 aliphatic carbocycles. The van der Waals surface area contributed by atoms with E-state index < -0.39 is 0 Å². The maximum absolute atomic E-state index is 6.27. The largest absolute Gasteiger partial charge is 0.492 e. The molecular formula is C18H22ClNO. The van der Waals surface area contributed by atoms with Crippen molar-refractivity contribution in [3.05, 3.63) is 64.7 Å². The molecule has 0 bridgehead atoms. The van der Waals surface area contributed by atoms with Gasteiger partial charge in [-0.05, 0) is 50.1 Å². The average molecular weight is 304 g/mol. The van der Waals surface area contributed by atoms with Gasteiger partial charge in [-0.15, -0.1) is 0 Å². The van der Waals surface area contributed by atoms with E-state index in [4.69, 9.17) is 16.3 Å². The van der Waals surface area contributed by atoms with E-state index in [1.165, 1.54) is 11.1 Å². The van der Waals surface area contributed by atoms with Crippen LogP contribution in [-0.4, -0.2) is 13.7 Å². The highest BCUT2D eigenvalue weighted by Gasteiger charge is 2.07. The van der Waals surface area contributed by atoms with Crippen LogP contribution < -0.4 is 10.1 Å². The van der Waals surface area contributed by atoms with Crippen molar-refractivity contribution in [3.8, 4) is 5.75 Å². The lowest BCUT2D eigenvalue weighted by Crippen LogP contribution is -2.12. The second-order valence-electron chi connectivity index (χ2n) is 5.14. The average Bonchev–Trinajstić information content (AvgIpc) is 2.53. The molecule has 0 radical (unpaired) electrons. The third kappa shape index (κ3) is 4.76. The highest BCUT2D eigenvalue weighted by Crippen LogP contribution is 2.28. The Bertz CT molecular complexity index is 556. The van der Waals surface area contributed by atoms with E-state index in [0.717, 1.165) is 18.6 Å². The summed E-state index contributed by atoms with van der Waals surface area (Å²) in [6.07, 6.45) is 2.00. The van der Waals surface area contributed by atoms with E-state index in [2.05, 4.69) is 42.6 Å². The van der Waals surface area contributed by atoms with Crippen LogP contribution in [0.3, 0.4) is 0 Å². The number of ether oxygens (including phenoxy) is 1. The zero-order valence-electron chi connectivity index (χ0n) is 12.6. The topological polar surface area (TPSA) is 21.3 Å². The van der Waals surface area contributed by atoms with Gasteiger partial charge in [0.1, 0.15) is 5.75 Å². The minimum absolute atomic E-state index is 0.287. The van der Waals surface area contributed by atoms with Crippen LogP contribution in [0.5, 0.6) is 5.75 Å². The van der Waals surface area contributed by atoms with Crippen molar-refractivity contribution in [2.45, 2.75) is 25.8 Å². The van der Waals surface area contributed by atoms with Crippen LogP contribution in [0.25, 0.3) is 0 Å². The first-order chi connectivity index (χ1) is 10.2. The lowest BCUT2D eigenvalue weighted by atomic mass is 10.1. The van der Waals surface area contributed by atoms with Crippen LogP contribution in [0.2, 0.25) is 5.02 Å². The number of aryl methyl sites for hydroxylation is 1. The van der Waals surface area contributed by atoms with Gasteiger partial charge in [-0.1, -0.05) is 48.0 Å². The van der Waals surface area contributed by atoms with Crippen molar-refractivity contribution in [1.29, 1.82) is 0 Å². The molecule has 0 aliphatic heterocycles. The predicted octanol–water partition coefficient (Wildman–Crippen LogP) is 4.63. The highest BCUT2D eigenvalue weighted by molar-refractivity contribution is 6.32. The van der Waals surface area contributed by atoms with Crippen molar-refractivity contribution in [2.75, 3.05) is 13.7 Å². The Morgan fingerprint density at radius 1 is 1.14 bits per heavy atom. The number of nitrogens with one attached hydrogen (secondary N) is 1. The molecule has 0 saturated carbocycles. The summed E-state index contributed by atoms with van der Waals surface area (Å²) < 4.78 is 5.77. The molecular weight excluding hydrogens is 282 g/mol. The summed E-state index contributed by atoms with van der Waals surface area (Å²) in [6, 6.07) is 16.7. The normalized spacial score (nSPS) is 12.1. The number of hydrogen-bond acceptors (Lipinski definition) is 2. The third-order valence-electron chi connectivity index (χ3n) is 3.60. The summed E-state index contributed by atoms with van der Waals surface area (Å²) in [5.41, 5.74) is 2.50. The first-order valence-corrected chi connectivity index (χ1v) is 7.72. The zero-order valence-corrected chi connectivity index (χ0v) is 13.4. The number of hydrogen-bond donors (Lipinski definition) is 1. The molecule has 1 unspecified atom stereocenters. The summed E-state index contributed by atoms with van der Waals surface area (Å²) in [5.74, 6) is 0.761. The Morgan fingerprint density at radius 3 is 2.57 bits per heavy atom. The van der Waals surface area contributed by atoms with Gasteiger partial charge in [0.25, 0.3) is 0 Å². The second kappa shape index (κ2) is 8.06. The molecule has 0 spiro atoms. The smallest absolute Gasteiger partial charge is 0.137 e. The summed E-state index contributed by atoms with van der Waals surface area (Å²) in [4.78, 5) is 0. The molecule has 0 amide bonds. The Balaban J connectivity index is 1.83. The summed E-state index contributed by atoms with van der Waals surface area (Å²) in [5, 5.41) is 3.87. The molecule has 1 N–H and O–H groups in total. The molecule has 1 atom stereocenters. The monoisotopic (exact) mass is 303 g/mol. The van der Waals surface area contributed by atoms with E-state index in [9.17, 15) is 0 Å². The summed E-state index contributed by atoms with van der Waals surface area (Å²) in [6.45, 7) is 2.78. The number of rotatable bonds is 7.